The Hall–Kier alpha value is -0.610. The van der Waals surface area contributed by atoms with Crippen molar-refractivity contribution in [1.82, 2.24) is 10.2 Å². The molecule has 0 aromatic carbocycles. The van der Waals surface area contributed by atoms with Gasteiger partial charge in [0.05, 0.1) is 0 Å². The maximum atomic E-state index is 11.6. The highest BCUT2D eigenvalue weighted by atomic mass is 16.5. The van der Waals surface area contributed by atoms with E-state index < -0.39 is 0 Å². The fourth-order valence-corrected chi connectivity index (χ4v) is 1.81. The van der Waals surface area contributed by atoms with Crippen molar-refractivity contribution in [1.29, 1.82) is 0 Å². The Morgan fingerprint density at radius 2 is 2.00 bits per heavy atom. The van der Waals surface area contributed by atoms with Crippen LogP contribution in [0.1, 0.15) is 20.8 Å². The standard InChI is InChI=1S/C10H20N2O2/c1-4-14-7-10(13)12-5-8(2)11-9(3)6-12/h8-9,11H,4-7H2,1-3H3. The lowest BCUT2D eigenvalue weighted by molar-refractivity contribution is -0.137. The highest BCUT2D eigenvalue weighted by Gasteiger charge is 2.24. The van der Waals surface area contributed by atoms with Gasteiger partial charge in [-0.25, -0.2) is 0 Å². The first-order valence-electron chi connectivity index (χ1n) is 5.25. The van der Waals surface area contributed by atoms with Crippen LogP contribution in [-0.2, 0) is 9.53 Å². The molecule has 1 rings (SSSR count). The van der Waals surface area contributed by atoms with Gasteiger partial charge < -0.3 is 15.0 Å². The van der Waals surface area contributed by atoms with Crippen molar-refractivity contribution in [2.45, 2.75) is 32.9 Å². The number of carbonyl (C=O) groups is 1. The van der Waals surface area contributed by atoms with Gasteiger partial charge in [-0.2, -0.15) is 0 Å². The molecule has 1 amide bonds. The third-order valence-electron chi connectivity index (χ3n) is 2.34. The molecule has 14 heavy (non-hydrogen) atoms. The Bertz CT molecular complexity index is 187. The second-order valence-corrected chi connectivity index (χ2v) is 3.90. The molecule has 0 saturated carbocycles. The molecule has 1 aliphatic rings. The smallest absolute Gasteiger partial charge is 0.248 e. The zero-order valence-corrected chi connectivity index (χ0v) is 9.25. The highest BCUT2D eigenvalue weighted by Crippen LogP contribution is 2.04. The number of carbonyl (C=O) groups excluding carboxylic acids is 1. The quantitative estimate of drug-likeness (QED) is 0.709. The van der Waals surface area contributed by atoms with E-state index in [2.05, 4.69) is 19.2 Å². The monoisotopic (exact) mass is 200 g/mol. The van der Waals surface area contributed by atoms with Crippen molar-refractivity contribution in [2.75, 3.05) is 26.3 Å². The van der Waals surface area contributed by atoms with Crippen LogP contribution in [0.25, 0.3) is 0 Å². The SMILES string of the molecule is CCOCC(=O)N1CC(C)NC(C)C1. The highest BCUT2D eigenvalue weighted by molar-refractivity contribution is 5.77. The van der Waals surface area contributed by atoms with Gasteiger partial charge in [0.1, 0.15) is 6.61 Å². The lowest BCUT2D eigenvalue weighted by atomic mass is 10.1. The van der Waals surface area contributed by atoms with Crippen LogP contribution >= 0.6 is 0 Å². The van der Waals surface area contributed by atoms with E-state index in [1.54, 1.807) is 0 Å². The zero-order chi connectivity index (χ0) is 10.6. The van der Waals surface area contributed by atoms with Gasteiger partial charge in [0.2, 0.25) is 5.91 Å². The number of piperazine rings is 1. The Balaban J connectivity index is 2.38. The Kier molecular flexibility index (Phi) is 4.35. The third-order valence-corrected chi connectivity index (χ3v) is 2.34. The molecule has 4 heteroatoms. The molecule has 82 valence electrons. The second kappa shape index (κ2) is 5.32. The fraction of sp³-hybridized carbons (Fsp3) is 0.900. The average Bonchev–Trinajstić information content (AvgIpc) is 2.12. The summed E-state index contributed by atoms with van der Waals surface area (Å²) in [5, 5.41) is 3.39. The minimum absolute atomic E-state index is 0.104. The maximum absolute atomic E-state index is 11.6. The third kappa shape index (κ3) is 3.27. The molecule has 0 spiro atoms. The summed E-state index contributed by atoms with van der Waals surface area (Å²) >= 11 is 0. The number of hydrogen-bond acceptors (Lipinski definition) is 3. The van der Waals surface area contributed by atoms with Crippen molar-refractivity contribution < 1.29 is 9.53 Å². The number of amides is 1. The Morgan fingerprint density at radius 3 is 2.50 bits per heavy atom. The summed E-state index contributed by atoms with van der Waals surface area (Å²) < 4.78 is 5.11. The molecule has 1 heterocycles. The largest absolute Gasteiger partial charge is 0.372 e. The number of nitrogens with zero attached hydrogens (tertiary/aromatic N) is 1. The van der Waals surface area contributed by atoms with Gasteiger partial charge >= 0.3 is 0 Å². The summed E-state index contributed by atoms with van der Waals surface area (Å²) in [4.78, 5) is 13.5. The van der Waals surface area contributed by atoms with E-state index in [9.17, 15) is 4.79 Å². The molecule has 1 aliphatic heterocycles. The predicted molar refractivity (Wildman–Crippen MR) is 55.1 cm³/mol. The van der Waals surface area contributed by atoms with Crippen LogP contribution in [0.15, 0.2) is 0 Å². The molecule has 2 atom stereocenters. The van der Waals surface area contributed by atoms with Gasteiger partial charge in [0.15, 0.2) is 0 Å². The molecular weight excluding hydrogens is 180 g/mol. The normalized spacial score (nSPS) is 27.8. The lowest BCUT2D eigenvalue weighted by Crippen LogP contribution is -2.56. The molecule has 0 aromatic heterocycles. The molecule has 0 radical (unpaired) electrons. The number of hydrogen-bond donors (Lipinski definition) is 1. The van der Waals surface area contributed by atoms with Gasteiger partial charge in [-0.3, -0.25) is 4.79 Å². The summed E-state index contributed by atoms with van der Waals surface area (Å²) in [6.45, 7) is 8.48. The maximum Gasteiger partial charge on any atom is 0.248 e. The number of rotatable bonds is 3. The first-order chi connectivity index (χ1) is 6.63. The number of ether oxygens (including phenoxy) is 1. The van der Waals surface area contributed by atoms with E-state index >= 15 is 0 Å². The van der Waals surface area contributed by atoms with E-state index in [0.717, 1.165) is 13.1 Å². The molecule has 1 N–H and O–H groups in total. The van der Waals surface area contributed by atoms with E-state index in [4.69, 9.17) is 4.74 Å². The van der Waals surface area contributed by atoms with Crippen LogP contribution in [0.2, 0.25) is 0 Å². The van der Waals surface area contributed by atoms with Crippen LogP contribution in [0.5, 0.6) is 0 Å². The summed E-state index contributed by atoms with van der Waals surface area (Å²) in [7, 11) is 0. The van der Waals surface area contributed by atoms with Crippen molar-refractivity contribution in [2.24, 2.45) is 0 Å². The molecule has 1 fully saturated rings. The van der Waals surface area contributed by atoms with Gasteiger partial charge in [-0.05, 0) is 20.8 Å². The minimum Gasteiger partial charge on any atom is -0.372 e. The Labute approximate surface area is 85.6 Å². The summed E-state index contributed by atoms with van der Waals surface area (Å²) in [5.41, 5.74) is 0. The van der Waals surface area contributed by atoms with E-state index in [0.29, 0.717) is 18.7 Å². The van der Waals surface area contributed by atoms with E-state index in [1.807, 2.05) is 11.8 Å². The number of nitrogens with one attached hydrogen (secondary N) is 1. The van der Waals surface area contributed by atoms with Crippen molar-refractivity contribution in [3.05, 3.63) is 0 Å². The summed E-state index contributed by atoms with van der Waals surface area (Å²) in [5.74, 6) is 0.104. The molecule has 2 unspecified atom stereocenters. The van der Waals surface area contributed by atoms with E-state index in [-0.39, 0.29) is 12.5 Å². The van der Waals surface area contributed by atoms with Crippen molar-refractivity contribution in [3.63, 3.8) is 0 Å². The zero-order valence-electron chi connectivity index (χ0n) is 9.25. The summed E-state index contributed by atoms with van der Waals surface area (Å²) in [6, 6.07) is 0.758. The summed E-state index contributed by atoms with van der Waals surface area (Å²) in [6.07, 6.45) is 0. The molecular formula is C10H20N2O2. The van der Waals surface area contributed by atoms with Gasteiger partial charge in [-0.1, -0.05) is 0 Å². The first-order valence-corrected chi connectivity index (χ1v) is 5.25. The predicted octanol–water partition coefficient (Wildman–Crippen LogP) is 0.232. The second-order valence-electron chi connectivity index (χ2n) is 3.90. The van der Waals surface area contributed by atoms with Crippen LogP contribution in [0, 0.1) is 0 Å². The average molecular weight is 200 g/mol. The van der Waals surface area contributed by atoms with E-state index in [1.165, 1.54) is 0 Å². The van der Waals surface area contributed by atoms with Crippen LogP contribution in [-0.4, -0.2) is 49.2 Å². The van der Waals surface area contributed by atoms with Crippen molar-refractivity contribution >= 4 is 5.91 Å². The van der Waals surface area contributed by atoms with Crippen molar-refractivity contribution in [3.8, 4) is 0 Å². The first kappa shape index (κ1) is 11.5. The van der Waals surface area contributed by atoms with Crippen LogP contribution in [0.3, 0.4) is 0 Å². The molecule has 0 bridgehead atoms. The van der Waals surface area contributed by atoms with Crippen LogP contribution in [0.4, 0.5) is 0 Å². The topological polar surface area (TPSA) is 41.6 Å². The minimum atomic E-state index is 0.104. The van der Waals surface area contributed by atoms with Crippen LogP contribution < -0.4 is 5.32 Å². The molecule has 1 saturated heterocycles. The molecule has 0 aliphatic carbocycles. The van der Waals surface area contributed by atoms with Gasteiger partial charge in [0, 0.05) is 31.8 Å². The molecule has 4 nitrogen and oxygen atoms in total. The molecule has 0 aromatic rings. The van der Waals surface area contributed by atoms with Gasteiger partial charge in [-0.15, -0.1) is 0 Å². The lowest BCUT2D eigenvalue weighted by Gasteiger charge is -2.36. The van der Waals surface area contributed by atoms with Gasteiger partial charge in [0.25, 0.3) is 0 Å². The fourth-order valence-electron chi connectivity index (χ4n) is 1.81. The Morgan fingerprint density at radius 1 is 1.43 bits per heavy atom.